The van der Waals surface area contributed by atoms with Gasteiger partial charge in [-0.3, -0.25) is 9.59 Å². The molecule has 1 amide bonds. The molecule has 0 saturated heterocycles. The Morgan fingerprint density at radius 2 is 1.61 bits per heavy atom. The average Bonchev–Trinajstić information content (AvgIpc) is 2.87. The zero-order valence-corrected chi connectivity index (χ0v) is 22.6. The van der Waals surface area contributed by atoms with Crippen molar-refractivity contribution in [1.29, 1.82) is 0 Å². The van der Waals surface area contributed by atoms with Crippen LogP contribution in [0.3, 0.4) is 0 Å². The molecule has 0 saturated carbocycles. The number of nitrogens with one attached hydrogen (secondary N) is 1. The fourth-order valence-electron chi connectivity index (χ4n) is 3.80. The number of hydrogen-bond donors (Lipinski definition) is 2. The van der Waals surface area contributed by atoms with Gasteiger partial charge in [-0.25, -0.2) is 8.42 Å². The fourth-order valence-corrected chi connectivity index (χ4v) is 5.38. The fraction of sp³-hybridized carbons (Fsp3) is 0.500. The Kier molecular flexibility index (Phi) is 11.8. The quantitative estimate of drug-likeness (QED) is 0.374. The van der Waals surface area contributed by atoms with E-state index in [4.69, 9.17) is 0 Å². The second-order valence-corrected chi connectivity index (χ2v) is 11.4. The number of aryl methyl sites for hydroxylation is 1. The van der Waals surface area contributed by atoms with E-state index in [0.717, 1.165) is 17.5 Å². The summed E-state index contributed by atoms with van der Waals surface area (Å²) < 4.78 is 28.4. The molecule has 0 spiro atoms. The molecule has 0 aliphatic heterocycles. The highest BCUT2D eigenvalue weighted by molar-refractivity contribution is 7.89. The van der Waals surface area contributed by atoms with Crippen LogP contribution in [-0.2, 0) is 26.0 Å². The maximum absolute atomic E-state index is 13.5. The molecule has 2 N–H and O–H groups in total. The predicted octanol–water partition coefficient (Wildman–Crippen LogP) is 3.88. The molecule has 1 unspecified atom stereocenters. The molecule has 0 bridgehead atoms. The molecule has 8 heteroatoms. The number of benzene rings is 2. The van der Waals surface area contributed by atoms with Crippen molar-refractivity contribution < 1.29 is 23.1 Å². The molecule has 198 valence electrons. The monoisotopic (exact) mass is 516 g/mol. The van der Waals surface area contributed by atoms with Gasteiger partial charge in [-0.1, -0.05) is 75.2 Å². The van der Waals surface area contributed by atoms with Gasteiger partial charge in [0.05, 0.1) is 17.0 Å². The lowest BCUT2D eigenvalue weighted by Gasteiger charge is -2.31. The number of ketones is 1. The summed E-state index contributed by atoms with van der Waals surface area (Å²) in [6, 6.07) is 15.4. The zero-order chi connectivity index (χ0) is 26.7. The number of carbonyl (C=O) groups excluding carboxylic acids is 2. The van der Waals surface area contributed by atoms with E-state index in [-0.39, 0.29) is 48.4 Å². The molecule has 0 fully saturated rings. The number of Topliss-reactive ketones (excluding diaryl/α,β-unsaturated/α-hetero) is 1. The Morgan fingerprint density at radius 1 is 0.972 bits per heavy atom. The first kappa shape index (κ1) is 29.7. The van der Waals surface area contributed by atoms with Gasteiger partial charge in [-0.2, -0.15) is 4.31 Å². The van der Waals surface area contributed by atoms with Gasteiger partial charge in [0.15, 0.2) is 0 Å². The lowest BCUT2D eigenvalue weighted by Crippen LogP contribution is -2.51. The lowest BCUT2D eigenvalue weighted by molar-refractivity contribution is -0.126. The molecule has 0 aromatic heterocycles. The summed E-state index contributed by atoms with van der Waals surface area (Å²) >= 11 is 0. The number of aliphatic hydroxyl groups is 1. The van der Waals surface area contributed by atoms with E-state index in [1.54, 1.807) is 31.2 Å². The van der Waals surface area contributed by atoms with Gasteiger partial charge in [-0.05, 0) is 37.0 Å². The van der Waals surface area contributed by atoms with E-state index in [0.29, 0.717) is 12.8 Å². The minimum absolute atomic E-state index is 0.00534. The summed E-state index contributed by atoms with van der Waals surface area (Å²) in [6.45, 7) is 7.70. The van der Waals surface area contributed by atoms with Crippen LogP contribution in [-0.4, -0.2) is 54.8 Å². The molecular weight excluding hydrogens is 476 g/mol. The molecule has 7 nitrogen and oxygen atoms in total. The van der Waals surface area contributed by atoms with Crippen molar-refractivity contribution in [2.45, 2.75) is 76.8 Å². The number of carbonyl (C=O) groups is 2. The normalized spacial score (nSPS) is 14.3. The van der Waals surface area contributed by atoms with Crippen molar-refractivity contribution >= 4 is 21.7 Å². The highest BCUT2D eigenvalue weighted by Gasteiger charge is 2.31. The van der Waals surface area contributed by atoms with Gasteiger partial charge in [0.1, 0.15) is 5.78 Å². The summed E-state index contributed by atoms with van der Waals surface area (Å²) in [7, 11) is -3.86. The molecular formula is C28H40N2O5S. The van der Waals surface area contributed by atoms with Gasteiger partial charge in [0.25, 0.3) is 0 Å². The first-order valence-electron chi connectivity index (χ1n) is 12.7. The van der Waals surface area contributed by atoms with Crippen molar-refractivity contribution in [3.63, 3.8) is 0 Å². The van der Waals surface area contributed by atoms with Gasteiger partial charge in [0.2, 0.25) is 15.9 Å². The molecule has 0 radical (unpaired) electrons. The second-order valence-electron chi connectivity index (χ2n) is 9.47. The van der Waals surface area contributed by atoms with E-state index in [1.807, 2.05) is 51.1 Å². The van der Waals surface area contributed by atoms with Crippen molar-refractivity contribution in [3.8, 4) is 0 Å². The van der Waals surface area contributed by atoms with E-state index < -0.39 is 22.2 Å². The zero-order valence-electron chi connectivity index (χ0n) is 21.8. The van der Waals surface area contributed by atoms with Crippen molar-refractivity contribution in [2.75, 3.05) is 13.1 Å². The smallest absolute Gasteiger partial charge is 0.243 e. The SMILES string of the molecule is CCC(=O)CCC(=O)N[C@@H](Cc1ccccc1)[C@H](O)CN(CC(C)CC)S(=O)(=O)c1ccc(C)cc1. The van der Waals surface area contributed by atoms with Crippen molar-refractivity contribution in [2.24, 2.45) is 5.92 Å². The molecule has 0 aliphatic rings. The summed E-state index contributed by atoms with van der Waals surface area (Å²) in [4.78, 5) is 24.5. The van der Waals surface area contributed by atoms with Crippen LogP contribution >= 0.6 is 0 Å². The van der Waals surface area contributed by atoms with Crippen LogP contribution in [0.2, 0.25) is 0 Å². The first-order chi connectivity index (χ1) is 17.1. The third kappa shape index (κ3) is 9.15. The maximum atomic E-state index is 13.5. The molecule has 3 atom stereocenters. The van der Waals surface area contributed by atoms with Crippen LogP contribution in [0, 0.1) is 12.8 Å². The molecule has 0 aliphatic carbocycles. The highest BCUT2D eigenvalue weighted by atomic mass is 32.2. The van der Waals surface area contributed by atoms with E-state index in [2.05, 4.69) is 5.32 Å². The predicted molar refractivity (Wildman–Crippen MR) is 142 cm³/mol. The number of aliphatic hydroxyl groups excluding tert-OH is 1. The standard InChI is InChI=1S/C28H40N2O5S/c1-5-21(3)19-30(36(34,35)25-15-12-22(4)13-16-25)20-27(32)26(18-23-10-8-7-9-11-23)29-28(33)17-14-24(31)6-2/h7-13,15-16,21,26-27,32H,5-6,14,17-20H2,1-4H3,(H,29,33)/t21?,26-,27+/m0/s1. The van der Waals surface area contributed by atoms with E-state index >= 15 is 0 Å². The van der Waals surface area contributed by atoms with Gasteiger partial charge >= 0.3 is 0 Å². The third-order valence-corrected chi connectivity index (χ3v) is 8.24. The molecule has 2 rings (SSSR count). The lowest BCUT2D eigenvalue weighted by atomic mass is 10.00. The average molecular weight is 517 g/mol. The summed E-state index contributed by atoms with van der Waals surface area (Å²) in [5, 5.41) is 14.1. The number of rotatable bonds is 15. The van der Waals surface area contributed by atoms with Crippen molar-refractivity contribution in [1.82, 2.24) is 9.62 Å². The van der Waals surface area contributed by atoms with Crippen LogP contribution in [0.25, 0.3) is 0 Å². The summed E-state index contributed by atoms with van der Waals surface area (Å²) in [5.41, 5.74) is 1.86. The van der Waals surface area contributed by atoms with Crippen LogP contribution in [0.1, 0.15) is 57.6 Å². The topological polar surface area (TPSA) is 104 Å². The largest absolute Gasteiger partial charge is 0.390 e. The van der Waals surface area contributed by atoms with Crippen LogP contribution in [0.5, 0.6) is 0 Å². The van der Waals surface area contributed by atoms with Crippen LogP contribution in [0.4, 0.5) is 0 Å². The van der Waals surface area contributed by atoms with E-state index in [1.165, 1.54) is 4.31 Å². The first-order valence-corrected chi connectivity index (χ1v) is 14.1. The number of nitrogens with zero attached hydrogens (tertiary/aromatic N) is 1. The molecule has 36 heavy (non-hydrogen) atoms. The highest BCUT2D eigenvalue weighted by Crippen LogP contribution is 2.20. The Labute approximate surface area is 216 Å². The molecule has 0 heterocycles. The maximum Gasteiger partial charge on any atom is 0.243 e. The number of sulfonamides is 1. The van der Waals surface area contributed by atoms with Crippen LogP contribution < -0.4 is 5.32 Å². The second kappa shape index (κ2) is 14.3. The number of amides is 1. The molecule has 2 aromatic rings. The van der Waals surface area contributed by atoms with E-state index in [9.17, 15) is 23.1 Å². The Morgan fingerprint density at radius 3 is 2.19 bits per heavy atom. The van der Waals surface area contributed by atoms with Gasteiger partial charge in [-0.15, -0.1) is 0 Å². The number of hydrogen-bond acceptors (Lipinski definition) is 5. The Balaban J connectivity index is 2.29. The minimum atomic E-state index is -3.86. The summed E-state index contributed by atoms with van der Waals surface area (Å²) in [5.74, 6) is -0.263. The Hall–Kier alpha value is -2.55. The molecule has 2 aromatic carbocycles. The minimum Gasteiger partial charge on any atom is -0.390 e. The summed E-state index contributed by atoms with van der Waals surface area (Å²) in [6.07, 6.45) is 0.495. The van der Waals surface area contributed by atoms with Crippen molar-refractivity contribution in [3.05, 3.63) is 65.7 Å². The van der Waals surface area contributed by atoms with Gasteiger partial charge < -0.3 is 10.4 Å². The van der Waals surface area contributed by atoms with Crippen LogP contribution in [0.15, 0.2) is 59.5 Å². The van der Waals surface area contributed by atoms with Gasteiger partial charge in [0, 0.05) is 32.4 Å². The third-order valence-electron chi connectivity index (χ3n) is 6.40. The Bertz CT molecular complexity index is 1070.